The topological polar surface area (TPSA) is 76.2 Å². The van der Waals surface area contributed by atoms with Gasteiger partial charge in [-0.3, -0.25) is 4.79 Å². The summed E-state index contributed by atoms with van der Waals surface area (Å²) in [5, 5.41) is 3.01. The molecule has 1 aliphatic heterocycles. The minimum Gasteiger partial charge on any atom is -0.376 e. The molecule has 0 amide bonds. The van der Waals surface area contributed by atoms with Gasteiger partial charge >= 0.3 is 0 Å². The van der Waals surface area contributed by atoms with E-state index in [1.165, 1.54) is 6.33 Å². The van der Waals surface area contributed by atoms with Crippen LogP contribution in [0.3, 0.4) is 0 Å². The summed E-state index contributed by atoms with van der Waals surface area (Å²) in [6.45, 7) is 2.26. The van der Waals surface area contributed by atoms with E-state index in [2.05, 4.69) is 15.3 Å². The van der Waals surface area contributed by atoms with E-state index >= 15 is 0 Å². The molecule has 1 atom stereocenters. The number of nitrogens with one attached hydrogen (secondary N) is 2. The Kier molecular flexibility index (Phi) is 3.76. The van der Waals surface area contributed by atoms with Crippen LogP contribution in [0.1, 0.15) is 0 Å². The van der Waals surface area contributed by atoms with E-state index in [9.17, 15) is 4.79 Å². The third kappa shape index (κ3) is 2.72. The SMILES string of the molecule is O=c1[nH]cnc(NCC2COCCO2)c1Cl. The van der Waals surface area contributed by atoms with E-state index in [0.29, 0.717) is 32.2 Å². The number of halogens is 1. The number of rotatable bonds is 3. The van der Waals surface area contributed by atoms with Crippen molar-refractivity contribution in [3.05, 3.63) is 21.7 Å². The summed E-state index contributed by atoms with van der Waals surface area (Å²) >= 11 is 5.77. The Labute approximate surface area is 96.9 Å². The van der Waals surface area contributed by atoms with Crippen LogP contribution in [0, 0.1) is 0 Å². The maximum Gasteiger partial charge on any atom is 0.271 e. The fraction of sp³-hybridized carbons (Fsp3) is 0.556. The number of H-pyrrole nitrogens is 1. The van der Waals surface area contributed by atoms with Crippen LogP contribution in [0.2, 0.25) is 5.02 Å². The van der Waals surface area contributed by atoms with Crippen molar-refractivity contribution in [2.45, 2.75) is 6.10 Å². The van der Waals surface area contributed by atoms with E-state index in [1.54, 1.807) is 0 Å². The molecule has 2 N–H and O–H groups in total. The summed E-state index contributed by atoms with van der Waals surface area (Å²) in [6.07, 6.45) is 1.26. The second-order valence-corrected chi connectivity index (χ2v) is 3.72. The standard InChI is InChI=1S/C9H12ClN3O3/c10-7-8(12-5-13-9(7)14)11-3-6-4-15-1-2-16-6/h5-6H,1-4H2,(H2,11,12,13,14). The number of hydrogen-bond acceptors (Lipinski definition) is 5. The molecule has 0 aliphatic carbocycles. The zero-order valence-corrected chi connectivity index (χ0v) is 9.29. The Morgan fingerprint density at radius 1 is 1.62 bits per heavy atom. The Morgan fingerprint density at radius 2 is 2.50 bits per heavy atom. The van der Waals surface area contributed by atoms with Gasteiger partial charge in [-0.2, -0.15) is 0 Å². The summed E-state index contributed by atoms with van der Waals surface area (Å²) in [6, 6.07) is 0. The normalized spacial score (nSPS) is 20.7. The summed E-state index contributed by atoms with van der Waals surface area (Å²) in [7, 11) is 0. The van der Waals surface area contributed by atoms with Crippen molar-refractivity contribution in [3.8, 4) is 0 Å². The van der Waals surface area contributed by atoms with Crippen molar-refractivity contribution in [1.29, 1.82) is 0 Å². The molecule has 1 saturated heterocycles. The Hall–Kier alpha value is -1.11. The van der Waals surface area contributed by atoms with Crippen molar-refractivity contribution < 1.29 is 9.47 Å². The minimum atomic E-state index is -0.361. The second-order valence-electron chi connectivity index (χ2n) is 3.34. The summed E-state index contributed by atoms with van der Waals surface area (Å²) in [4.78, 5) is 17.5. The van der Waals surface area contributed by atoms with E-state index in [4.69, 9.17) is 21.1 Å². The maximum atomic E-state index is 11.2. The first-order valence-electron chi connectivity index (χ1n) is 4.94. The average Bonchev–Trinajstić information content (AvgIpc) is 2.32. The Balaban J connectivity index is 1.93. The molecule has 0 bridgehead atoms. The van der Waals surface area contributed by atoms with E-state index in [0.717, 1.165) is 0 Å². The van der Waals surface area contributed by atoms with E-state index in [-0.39, 0.29) is 16.7 Å². The molecule has 0 saturated carbocycles. The third-order valence-electron chi connectivity index (χ3n) is 2.18. The van der Waals surface area contributed by atoms with Crippen molar-refractivity contribution in [3.63, 3.8) is 0 Å². The van der Waals surface area contributed by atoms with Gasteiger partial charge in [0.15, 0.2) is 5.82 Å². The lowest BCUT2D eigenvalue weighted by atomic mass is 10.3. The van der Waals surface area contributed by atoms with Crippen LogP contribution in [0.5, 0.6) is 0 Å². The molecule has 1 fully saturated rings. The molecular formula is C9H12ClN3O3. The van der Waals surface area contributed by atoms with Gasteiger partial charge in [-0.05, 0) is 0 Å². The predicted octanol–water partition coefficient (Wildman–Crippen LogP) is 0.251. The Morgan fingerprint density at radius 3 is 3.25 bits per heavy atom. The molecule has 2 heterocycles. The second kappa shape index (κ2) is 5.29. The molecule has 2 rings (SSSR count). The van der Waals surface area contributed by atoms with Gasteiger partial charge < -0.3 is 19.8 Å². The van der Waals surface area contributed by atoms with Gasteiger partial charge in [-0.25, -0.2) is 4.98 Å². The van der Waals surface area contributed by atoms with Gasteiger partial charge in [0.2, 0.25) is 0 Å². The molecule has 0 radical (unpaired) electrons. The average molecular weight is 246 g/mol. The fourth-order valence-corrected chi connectivity index (χ4v) is 1.54. The molecular weight excluding hydrogens is 234 g/mol. The van der Waals surface area contributed by atoms with Crippen LogP contribution in [0.25, 0.3) is 0 Å². The highest BCUT2D eigenvalue weighted by molar-refractivity contribution is 6.32. The molecule has 1 aromatic heterocycles. The number of nitrogens with zero attached hydrogens (tertiary/aromatic N) is 1. The third-order valence-corrected chi connectivity index (χ3v) is 2.53. The molecule has 1 unspecified atom stereocenters. The lowest BCUT2D eigenvalue weighted by Crippen LogP contribution is -2.34. The van der Waals surface area contributed by atoms with Crippen LogP contribution in [0.4, 0.5) is 5.82 Å². The predicted molar refractivity (Wildman–Crippen MR) is 58.9 cm³/mol. The lowest BCUT2D eigenvalue weighted by molar-refractivity contribution is -0.0819. The quantitative estimate of drug-likeness (QED) is 0.799. The summed E-state index contributed by atoms with van der Waals surface area (Å²) in [5.41, 5.74) is -0.361. The zero-order chi connectivity index (χ0) is 11.4. The zero-order valence-electron chi connectivity index (χ0n) is 8.53. The Bertz CT molecular complexity index is 403. The molecule has 16 heavy (non-hydrogen) atoms. The molecule has 7 heteroatoms. The van der Waals surface area contributed by atoms with E-state index < -0.39 is 0 Å². The van der Waals surface area contributed by atoms with Crippen LogP contribution in [-0.2, 0) is 9.47 Å². The number of aromatic nitrogens is 2. The van der Waals surface area contributed by atoms with Crippen LogP contribution in [0.15, 0.2) is 11.1 Å². The molecule has 0 spiro atoms. The summed E-state index contributed by atoms with van der Waals surface area (Å²) in [5.74, 6) is 0.361. The van der Waals surface area contributed by atoms with Crippen molar-refractivity contribution in [2.24, 2.45) is 0 Å². The number of hydrogen-bond donors (Lipinski definition) is 2. The van der Waals surface area contributed by atoms with Gasteiger partial charge in [0.1, 0.15) is 5.02 Å². The van der Waals surface area contributed by atoms with E-state index in [1.807, 2.05) is 0 Å². The molecule has 6 nitrogen and oxygen atoms in total. The maximum absolute atomic E-state index is 11.2. The van der Waals surface area contributed by atoms with Crippen LogP contribution >= 0.6 is 11.6 Å². The molecule has 0 aromatic carbocycles. The molecule has 88 valence electrons. The van der Waals surface area contributed by atoms with Crippen LogP contribution in [-0.4, -0.2) is 42.4 Å². The van der Waals surface area contributed by atoms with Gasteiger partial charge in [-0.15, -0.1) is 0 Å². The van der Waals surface area contributed by atoms with Gasteiger partial charge in [0.05, 0.1) is 32.3 Å². The summed E-state index contributed by atoms with van der Waals surface area (Å²) < 4.78 is 10.7. The van der Waals surface area contributed by atoms with Crippen LogP contribution < -0.4 is 10.9 Å². The number of anilines is 1. The smallest absolute Gasteiger partial charge is 0.271 e. The molecule has 1 aliphatic rings. The van der Waals surface area contributed by atoms with Crippen molar-refractivity contribution >= 4 is 17.4 Å². The van der Waals surface area contributed by atoms with Crippen molar-refractivity contribution in [1.82, 2.24) is 9.97 Å². The highest BCUT2D eigenvalue weighted by Crippen LogP contribution is 2.12. The first-order valence-corrected chi connectivity index (χ1v) is 5.31. The minimum absolute atomic E-state index is 0.0362. The fourth-order valence-electron chi connectivity index (χ4n) is 1.37. The first kappa shape index (κ1) is 11.4. The number of ether oxygens (including phenoxy) is 2. The van der Waals surface area contributed by atoms with Gasteiger partial charge in [-0.1, -0.05) is 11.6 Å². The largest absolute Gasteiger partial charge is 0.376 e. The lowest BCUT2D eigenvalue weighted by Gasteiger charge is -2.23. The van der Waals surface area contributed by atoms with Crippen molar-refractivity contribution in [2.75, 3.05) is 31.7 Å². The number of aromatic amines is 1. The highest BCUT2D eigenvalue weighted by Gasteiger charge is 2.15. The first-order chi connectivity index (χ1) is 7.77. The highest BCUT2D eigenvalue weighted by atomic mass is 35.5. The van der Waals surface area contributed by atoms with Gasteiger partial charge in [0, 0.05) is 6.54 Å². The monoisotopic (exact) mass is 245 g/mol. The van der Waals surface area contributed by atoms with Gasteiger partial charge in [0.25, 0.3) is 5.56 Å². The molecule has 1 aromatic rings.